The third kappa shape index (κ3) is 3.37. The van der Waals surface area contributed by atoms with Crippen LogP contribution < -0.4 is 10.5 Å². The number of benzene rings is 3. The van der Waals surface area contributed by atoms with Crippen LogP contribution in [0.15, 0.2) is 71.8 Å². The van der Waals surface area contributed by atoms with Crippen molar-refractivity contribution in [2.45, 2.75) is 6.92 Å². The first-order chi connectivity index (χ1) is 11.1. The maximum atomic E-state index is 10.9. The van der Waals surface area contributed by atoms with Crippen molar-refractivity contribution in [3.05, 3.63) is 77.9 Å². The van der Waals surface area contributed by atoms with Crippen molar-refractivity contribution < 1.29 is 9.90 Å². The maximum Gasteiger partial charge on any atom is 0.0716 e. The Balaban J connectivity index is 1.83. The van der Waals surface area contributed by atoms with Gasteiger partial charge in [0, 0.05) is 0 Å². The molecule has 4 nitrogen and oxygen atoms in total. The molecule has 0 bridgehead atoms. The number of carbonyl (C=O) groups excluding carboxylic acids is 1. The van der Waals surface area contributed by atoms with E-state index in [0.29, 0.717) is 5.69 Å². The van der Waals surface area contributed by atoms with Gasteiger partial charge in [-0.1, -0.05) is 48.5 Å². The molecule has 0 spiro atoms. The van der Waals surface area contributed by atoms with Gasteiger partial charge in [0.2, 0.25) is 0 Å². The Hall–Kier alpha value is -3.14. The fourth-order valence-electron chi connectivity index (χ4n) is 2.34. The molecule has 3 aromatic carbocycles. The van der Waals surface area contributed by atoms with Crippen LogP contribution in [0.3, 0.4) is 0 Å². The number of fused-ring (bicyclic) bond motifs is 1. The molecule has 3 aromatic rings. The van der Waals surface area contributed by atoms with Crippen LogP contribution in [0.2, 0.25) is 0 Å². The van der Waals surface area contributed by atoms with Crippen molar-refractivity contribution in [1.29, 1.82) is 0 Å². The molecular formula is C19H15N2O2-. The van der Waals surface area contributed by atoms with Crippen LogP contribution in [0, 0.1) is 0 Å². The van der Waals surface area contributed by atoms with E-state index in [1.807, 2.05) is 25.1 Å². The number of anilines is 1. The first kappa shape index (κ1) is 14.8. The average molecular weight is 303 g/mol. The quantitative estimate of drug-likeness (QED) is 0.595. The molecule has 0 atom stereocenters. The summed E-state index contributed by atoms with van der Waals surface area (Å²) in [6.45, 7) is 1.90. The molecule has 3 rings (SSSR count). The Morgan fingerprint density at radius 2 is 1.70 bits per heavy atom. The highest BCUT2D eigenvalue weighted by atomic mass is 16.4. The van der Waals surface area contributed by atoms with Gasteiger partial charge in [0.15, 0.2) is 0 Å². The minimum absolute atomic E-state index is 0.119. The minimum atomic E-state index is -1.20. The highest BCUT2D eigenvalue weighted by Gasteiger charge is 2.00. The second-order valence-electron chi connectivity index (χ2n) is 5.24. The molecule has 0 aliphatic carbocycles. The summed E-state index contributed by atoms with van der Waals surface area (Å²) in [5, 5.41) is 17.5. The van der Waals surface area contributed by atoms with Gasteiger partial charge in [-0.2, -0.15) is 5.10 Å². The Labute approximate surface area is 134 Å². The second kappa shape index (κ2) is 6.32. The van der Waals surface area contributed by atoms with Gasteiger partial charge in [0.05, 0.1) is 17.4 Å². The highest BCUT2D eigenvalue weighted by molar-refractivity contribution is 6.02. The van der Waals surface area contributed by atoms with Gasteiger partial charge in [0.25, 0.3) is 0 Å². The lowest BCUT2D eigenvalue weighted by atomic mass is 10.0. The van der Waals surface area contributed by atoms with Gasteiger partial charge in [0.1, 0.15) is 0 Å². The first-order valence-corrected chi connectivity index (χ1v) is 7.24. The normalized spacial score (nSPS) is 11.4. The molecule has 0 amide bonds. The summed E-state index contributed by atoms with van der Waals surface area (Å²) in [4.78, 5) is 10.9. The predicted octanol–water partition coefficient (Wildman–Crippen LogP) is 3.04. The lowest BCUT2D eigenvalue weighted by Gasteiger charge is -2.07. The summed E-state index contributed by atoms with van der Waals surface area (Å²) in [6, 6.07) is 20.7. The van der Waals surface area contributed by atoms with Crippen LogP contribution in [-0.2, 0) is 0 Å². The molecule has 0 radical (unpaired) electrons. The summed E-state index contributed by atoms with van der Waals surface area (Å²) >= 11 is 0. The van der Waals surface area contributed by atoms with Crippen LogP contribution >= 0.6 is 0 Å². The van der Waals surface area contributed by atoms with Crippen molar-refractivity contribution in [3.63, 3.8) is 0 Å². The van der Waals surface area contributed by atoms with E-state index < -0.39 is 5.97 Å². The molecule has 0 aromatic heterocycles. The van der Waals surface area contributed by atoms with E-state index >= 15 is 0 Å². The van der Waals surface area contributed by atoms with Crippen LogP contribution in [0.25, 0.3) is 10.8 Å². The Morgan fingerprint density at radius 1 is 0.913 bits per heavy atom. The zero-order valence-electron chi connectivity index (χ0n) is 12.6. The van der Waals surface area contributed by atoms with Crippen LogP contribution in [-0.4, -0.2) is 11.7 Å². The van der Waals surface area contributed by atoms with E-state index in [1.165, 1.54) is 17.5 Å². The third-order valence-electron chi connectivity index (χ3n) is 3.62. The fraction of sp³-hybridized carbons (Fsp3) is 0.0526. The van der Waals surface area contributed by atoms with E-state index in [9.17, 15) is 9.90 Å². The smallest absolute Gasteiger partial charge is 0.0716 e. The van der Waals surface area contributed by atoms with E-state index in [1.54, 1.807) is 12.1 Å². The second-order valence-corrected chi connectivity index (χ2v) is 5.24. The number of nitrogens with one attached hydrogen (secondary N) is 1. The summed E-state index contributed by atoms with van der Waals surface area (Å²) in [6.07, 6.45) is 0. The number of carboxylic acids is 1. The average Bonchev–Trinajstić information content (AvgIpc) is 2.59. The molecule has 0 fully saturated rings. The Morgan fingerprint density at radius 3 is 2.48 bits per heavy atom. The van der Waals surface area contributed by atoms with Crippen LogP contribution in [0.1, 0.15) is 22.8 Å². The number of carbonyl (C=O) groups is 1. The van der Waals surface area contributed by atoms with E-state index in [-0.39, 0.29) is 5.56 Å². The maximum absolute atomic E-state index is 10.9. The summed E-state index contributed by atoms with van der Waals surface area (Å²) in [7, 11) is 0. The number of hydrazone groups is 1. The fourth-order valence-corrected chi connectivity index (χ4v) is 2.34. The standard InChI is InChI=1S/C19H16N2O2/c1-13(15-10-9-14-5-2-3-6-16(14)11-15)20-21-18-8-4-7-17(12-18)19(22)23/h2-12,21H,1H3,(H,22,23)/p-1/b20-13-. The SMILES string of the molecule is C/C(=N/Nc1cccc(C(=O)[O-])c1)c1ccc2ccccc2c1. The number of carboxylic acid groups (broad SMARTS) is 1. The van der Waals surface area contributed by atoms with Crippen LogP contribution in [0.4, 0.5) is 5.69 Å². The van der Waals surface area contributed by atoms with Crippen molar-refractivity contribution >= 4 is 28.1 Å². The Bertz CT molecular complexity index is 901. The molecule has 23 heavy (non-hydrogen) atoms. The van der Waals surface area contributed by atoms with Gasteiger partial charge < -0.3 is 9.90 Å². The molecule has 0 aliphatic rings. The van der Waals surface area contributed by atoms with E-state index in [2.05, 4.69) is 34.8 Å². The number of hydrogen-bond acceptors (Lipinski definition) is 4. The predicted molar refractivity (Wildman–Crippen MR) is 90.6 cm³/mol. The van der Waals surface area contributed by atoms with Gasteiger partial charge in [-0.25, -0.2) is 0 Å². The summed E-state index contributed by atoms with van der Waals surface area (Å²) < 4.78 is 0. The minimum Gasteiger partial charge on any atom is -0.545 e. The Kier molecular flexibility index (Phi) is 4.06. The molecule has 114 valence electrons. The number of nitrogens with zero attached hydrogens (tertiary/aromatic N) is 1. The van der Waals surface area contributed by atoms with E-state index in [4.69, 9.17) is 0 Å². The van der Waals surface area contributed by atoms with Crippen LogP contribution in [0.5, 0.6) is 0 Å². The largest absolute Gasteiger partial charge is 0.545 e. The lowest BCUT2D eigenvalue weighted by molar-refractivity contribution is -0.255. The lowest BCUT2D eigenvalue weighted by Crippen LogP contribution is -2.22. The first-order valence-electron chi connectivity index (χ1n) is 7.24. The van der Waals surface area contributed by atoms with Crippen molar-refractivity contribution in [2.24, 2.45) is 5.10 Å². The summed E-state index contributed by atoms with van der Waals surface area (Å²) in [5.41, 5.74) is 5.43. The van der Waals surface area contributed by atoms with E-state index in [0.717, 1.165) is 16.7 Å². The van der Waals surface area contributed by atoms with Crippen molar-refractivity contribution in [2.75, 3.05) is 5.43 Å². The van der Waals surface area contributed by atoms with Gasteiger partial charge in [-0.05, 0) is 47.0 Å². The zero-order chi connectivity index (χ0) is 16.2. The van der Waals surface area contributed by atoms with Crippen molar-refractivity contribution in [1.82, 2.24) is 0 Å². The molecule has 1 N–H and O–H groups in total. The molecule has 0 unspecified atom stereocenters. The van der Waals surface area contributed by atoms with Gasteiger partial charge in [-0.15, -0.1) is 0 Å². The topological polar surface area (TPSA) is 64.5 Å². The molecule has 0 saturated heterocycles. The molecule has 0 aliphatic heterocycles. The van der Waals surface area contributed by atoms with Gasteiger partial charge in [-0.3, -0.25) is 5.43 Å². The van der Waals surface area contributed by atoms with Gasteiger partial charge >= 0.3 is 0 Å². The number of rotatable bonds is 4. The van der Waals surface area contributed by atoms with Crippen molar-refractivity contribution in [3.8, 4) is 0 Å². The molecule has 0 heterocycles. The number of aromatic carboxylic acids is 1. The number of hydrogen-bond donors (Lipinski definition) is 1. The molecular weight excluding hydrogens is 288 g/mol. The summed E-state index contributed by atoms with van der Waals surface area (Å²) in [5.74, 6) is -1.20. The monoisotopic (exact) mass is 303 g/mol. The molecule has 4 heteroatoms. The molecule has 0 saturated carbocycles. The zero-order valence-corrected chi connectivity index (χ0v) is 12.6. The highest BCUT2D eigenvalue weighted by Crippen LogP contribution is 2.16. The third-order valence-corrected chi connectivity index (χ3v) is 3.62.